The number of rotatable bonds is 7. The molecule has 0 aliphatic carbocycles. The van der Waals surface area contributed by atoms with Gasteiger partial charge in [0.15, 0.2) is 0 Å². The van der Waals surface area contributed by atoms with Gasteiger partial charge in [-0.3, -0.25) is 4.98 Å². The number of carbonyl (C=O) groups is 1. The summed E-state index contributed by atoms with van der Waals surface area (Å²) in [4.78, 5) is 19.5. The molecule has 0 saturated carbocycles. The lowest BCUT2D eigenvalue weighted by Crippen LogP contribution is -2.32. The standard InChI is InChI=1S/C15H17N3O3/c1-2-21-14-10-16-9-13(18-14)17-12(15(19)20)8-11-6-4-3-5-7-11/h3-7,9-10,12H,2,8H2,1H3,(H,17,18)(H,19,20)/t12-/m1/s1. The molecule has 0 fully saturated rings. The van der Waals surface area contributed by atoms with Crippen molar-refractivity contribution in [1.29, 1.82) is 0 Å². The number of carboxylic acid groups (broad SMARTS) is 1. The summed E-state index contributed by atoms with van der Waals surface area (Å²) in [7, 11) is 0. The Morgan fingerprint density at radius 1 is 1.33 bits per heavy atom. The van der Waals surface area contributed by atoms with Crippen molar-refractivity contribution in [1.82, 2.24) is 9.97 Å². The van der Waals surface area contributed by atoms with Crippen LogP contribution in [0.25, 0.3) is 0 Å². The molecule has 2 aromatic rings. The van der Waals surface area contributed by atoms with Crippen molar-refractivity contribution < 1.29 is 14.6 Å². The van der Waals surface area contributed by atoms with Crippen molar-refractivity contribution in [3.05, 3.63) is 48.3 Å². The molecular weight excluding hydrogens is 270 g/mol. The number of aliphatic carboxylic acids is 1. The van der Waals surface area contributed by atoms with E-state index < -0.39 is 12.0 Å². The Hall–Kier alpha value is -2.63. The summed E-state index contributed by atoms with van der Waals surface area (Å²) in [5.74, 6) is -0.196. The fourth-order valence-electron chi connectivity index (χ4n) is 1.86. The molecule has 110 valence electrons. The zero-order valence-corrected chi connectivity index (χ0v) is 11.7. The third-order valence-electron chi connectivity index (χ3n) is 2.81. The minimum Gasteiger partial charge on any atom is -0.480 e. The SMILES string of the molecule is CCOc1cncc(N[C@H](Cc2ccccc2)C(=O)O)n1. The summed E-state index contributed by atoms with van der Waals surface area (Å²) in [5.41, 5.74) is 0.936. The maximum absolute atomic E-state index is 11.4. The van der Waals surface area contributed by atoms with E-state index in [1.165, 1.54) is 12.4 Å². The van der Waals surface area contributed by atoms with E-state index in [-0.39, 0.29) is 0 Å². The number of nitrogens with zero attached hydrogens (tertiary/aromatic N) is 2. The van der Waals surface area contributed by atoms with E-state index in [2.05, 4.69) is 15.3 Å². The minimum absolute atomic E-state index is 0.358. The summed E-state index contributed by atoms with van der Waals surface area (Å²) < 4.78 is 5.25. The number of anilines is 1. The van der Waals surface area contributed by atoms with Gasteiger partial charge in [-0.05, 0) is 12.5 Å². The summed E-state index contributed by atoms with van der Waals surface area (Å²) >= 11 is 0. The highest BCUT2D eigenvalue weighted by Gasteiger charge is 2.18. The van der Waals surface area contributed by atoms with Crippen LogP contribution < -0.4 is 10.1 Å². The Bertz CT molecular complexity index is 590. The highest BCUT2D eigenvalue weighted by molar-refractivity contribution is 5.77. The zero-order valence-electron chi connectivity index (χ0n) is 11.7. The molecule has 0 aliphatic rings. The van der Waals surface area contributed by atoms with Gasteiger partial charge in [0, 0.05) is 6.42 Å². The van der Waals surface area contributed by atoms with Crippen molar-refractivity contribution in [2.75, 3.05) is 11.9 Å². The van der Waals surface area contributed by atoms with E-state index in [1.54, 1.807) is 0 Å². The van der Waals surface area contributed by atoms with E-state index in [0.29, 0.717) is 24.7 Å². The van der Waals surface area contributed by atoms with Crippen LogP contribution in [0.15, 0.2) is 42.7 Å². The van der Waals surface area contributed by atoms with Crippen molar-refractivity contribution >= 4 is 11.8 Å². The first kappa shape index (κ1) is 14.8. The van der Waals surface area contributed by atoms with Crippen LogP contribution in [0.3, 0.4) is 0 Å². The van der Waals surface area contributed by atoms with Gasteiger partial charge >= 0.3 is 5.97 Å². The number of hydrogen-bond acceptors (Lipinski definition) is 5. The lowest BCUT2D eigenvalue weighted by Gasteiger charge is -2.15. The second-order valence-electron chi connectivity index (χ2n) is 4.40. The van der Waals surface area contributed by atoms with Gasteiger partial charge < -0.3 is 15.2 Å². The average Bonchev–Trinajstić information content (AvgIpc) is 2.48. The molecule has 6 nitrogen and oxygen atoms in total. The van der Waals surface area contributed by atoms with Gasteiger partial charge in [-0.25, -0.2) is 4.79 Å². The van der Waals surface area contributed by atoms with Crippen LogP contribution in [0.1, 0.15) is 12.5 Å². The monoisotopic (exact) mass is 287 g/mol. The molecule has 1 aromatic carbocycles. The molecule has 0 aliphatic heterocycles. The molecule has 0 amide bonds. The van der Waals surface area contributed by atoms with Crippen molar-refractivity contribution in [2.45, 2.75) is 19.4 Å². The Kier molecular flexibility index (Phi) is 5.09. The first-order valence-corrected chi connectivity index (χ1v) is 6.67. The van der Waals surface area contributed by atoms with E-state index in [4.69, 9.17) is 4.74 Å². The highest BCUT2D eigenvalue weighted by atomic mass is 16.5. The van der Waals surface area contributed by atoms with Crippen LogP contribution in [0, 0.1) is 0 Å². The summed E-state index contributed by atoms with van der Waals surface area (Å²) in [5, 5.41) is 12.2. The highest BCUT2D eigenvalue weighted by Crippen LogP contribution is 2.12. The largest absolute Gasteiger partial charge is 0.480 e. The lowest BCUT2D eigenvalue weighted by atomic mass is 10.1. The molecule has 2 rings (SSSR count). The van der Waals surface area contributed by atoms with Gasteiger partial charge in [0.2, 0.25) is 5.88 Å². The number of benzene rings is 1. The second kappa shape index (κ2) is 7.23. The summed E-state index contributed by atoms with van der Waals surface area (Å²) in [6.07, 6.45) is 3.32. The van der Waals surface area contributed by atoms with Crippen LogP contribution in [-0.4, -0.2) is 33.7 Å². The van der Waals surface area contributed by atoms with Crippen LogP contribution in [0.5, 0.6) is 5.88 Å². The second-order valence-corrected chi connectivity index (χ2v) is 4.40. The Morgan fingerprint density at radius 3 is 2.76 bits per heavy atom. The van der Waals surface area contributed by atoms with Crippen LogP contribution in [0.4, 0.5) is 5.82 Å². The number of ether oxygens (including phenoxy) is 1. The maximum atomic E-state index is 11.4. The molecule has 1 atom stereocenters. The first-order chi connectivity index (χ1) is 10.2. The number of nitrogens with one attached hydrogen (secondary N) is 1. The Labute approximate surface area is 122 Å². The van der Waals surface area contributed by atoms with E-state index >= 15 is 0 Å². The smallest absolute Gasteiger partial charge is 0.326 e. The molecule has 0 spiro atoms. The molecule has 0 saturated heterocycles. The average molecular weight is 287 g/mol. The molecule has 0 unspecified atom stereocenters. The van der Waals surface area contributed by atoms with Crippen molar-refractivity contribution in [2.24, 2.45) is 0 Å². The summed E-state index contributed by atoms with van der Waals surface area (Å²) in [6.45, 7) is 2.32. The quantitative estimate of drug-likeness (QED) is 0.810. The predicted octanol–water partition coefficient (Wildman–Crippen LogP) is 1.98. The van der Waals surface area contributed by atoms with Gasteiger partial charge in [0.1, 0.15) is 11.9 Å². The Morgan fingerprint density at radius 2 is 2.10 bits per heavy atom. The molecule has 0 bridgehead atoms. The molecule has 1 heterocycles. The zero-order chi connectivity index (χ0) is 15.1. The third kappa shape index (κ3) is 4.45. The van der Waals surface area contributed by atoms with Gasteiger partial charge in [0.25, 0.3) is 0 Å². The molecule has 6 heteroatoms. The Balaban J connectivity index is 2.09. The maximum Gasteiger partial charge on any atom is 0.326 e. The summed E-state index contributed by atoms with van der Waals surface area (Å²) in [6, 6.07) is 8.65. The molecule has 0 radical (unpaired) electrons. The van der Waals surface area contributed by atoms with Gasteiger partial charge in [0.05, 0.1) is 19.0 Å². The number of carboxylic acids is 1. The van der Waals surface area contributed by atoms with Gasteiger partial charge in [-0.1, -0.05) is 30.3 Å². The lowest BCUT2D eigenvalue weighted by molar-refractivity contribution is -0.137. The normalized spacial score (nSPS) is 11.7. The molecule has 2 N–H and O–H groups in total. The van der Waals surface area contributed by atoms with Crippen molar-refractivity contribution in [3.8, 4) is 5.88 Å². The van der Waals surface area contributed by atoms with Crippen LogP contribution in [-0.2, 0) is 11.2 Å². The number of aromatic nitrogens is 2. The third-order valence-corrected chi connectivity index (χ3v) is 2.81. The molecular formula is C15H17N3O3. The predicted molar refractivity (Wildman–Crippen MR) is 78.4 cm³/mol. The fraction of sp³-hybridized carbons (Fsp3) is 0.267. The number of hydrogen-bond donors (Lipinski definition) is 2. The topological polar surface area (TPSA) is 84.3 Å². The van der Waals surface area contributed by atoms with E-state index in [9.17, 15) is 9.90 Å². The van der Waals surface area contributed by atoms with Crippen LogP contribution >= 0.6 is 0 Å². The first-order valence-electron chi connectivity index (χ1n) is 6.67. The van der Waals surface area contributed by atoms with E-state index in [0.717, 1.165) is 5.56 Å². The molecule has 1 aromatic heterocycles. The van der Waals surface area contributed by atoms with E-state index in [1.807, 2.05) is 37.3 Å². The van der Waals surface area contributed by atoms with Gasteiger partial charge in [-0.15, -0.1) is 0 Å². The van der Waals surface area contributed by atoms with Crippen molar-refractivity contribution in [3.63, 3.8) is 0 Å². The van der Waals surface area contributed by atoms with Crippen LogP contribution in [0.2, 0.25) is 0 Å². The fourth-order valence-corrected chi connectivity index (χ4v) is 1.86. The molecule has 21 heavy (non-hydrogen) atoms. The van der Waals surface area contributed by atoms with Gasteiger partial charge in [-0.2, -0.15) is 4.98 Å². The minimum atomic E-state index is -0.942.